The molecule has 0 aliphatic rings. The van der Waals surface area contributed by atoms with Gasteiger partial charge in [0.05, 0.1) is 12.1 Å². The third-order valence-corrected chi connectivity index (χ3v) is 4.16. The average Bonchev–Trinajstić information content (AvgIpc) is 3.00. The van der Waals surface area contributed by atoms with Gasteiger partial charge in [-0.05, 0) is 42.0 Å². The molecule has 0 bridgehead atoms. The molecule has 0 aliphatic carbocycles. The zero-order valence-corrected chi connectivity index (χ0v) is 14.4. The fourth-order valence-corrected chi connectivity index (χ4v) is 2.71. The molecule has 1 heterocycles. The number of ketones is 1. The minimum atomic E-state index is -0.926. The lowest BCUT2D eigenvalue weighted by atomic mass is 10.1. The Morgan fingerprint density at radius 2 is 1.65 bits per heavy atom. The molecule has 3 aromatic rings. The molecule has 0 aliphatic heterocycles. The van der Waals surface area contributed by atoms with E-state index in [0.29, 0.717) is 29.3 Å². The Kier molecular flexibility index (Phi) is 5.17. The summed E-state index contributed by atoms with van der Waals surface area (Å²) in [4.78, 5) is 23.5. The molecule has 5 nitrogen and oxygen atoms in total. The number of carbonyl (C=O) groups is 2. The summed E-state index contributed by atoms with van der Waals surface area (Å²) in [7, 11) is 1.70. The first-order chi connectivity index (χ1) is 12.5. The normalized spacial score (nSPS) is 10.5. The van der Waals surface area contributed by atoms with E-state index in [9.17, 15) is 9.59 Å². The third kappa shape index (κ3) is 4.00. The number of nitrogens with zero attached hydrogens (tertiary/aromatic N) is 1. The van der Waals surface area contributed by atoms with Gasteiger partial charge in [0.15, 0.2) is 0 Å². The standard InChI is InChI=1S/C21H19NO4/c1-22-17(13-20(23)24)9-12-19(22)21(25)16-7-10-18(11-8-16)26-14-15-5-3-2-4-6-15/h2-12H,13-14H2,1H3,(H,23,24). The van der Waals surface area contributed by atoms with Gasteiger partial charge in [-0.3, -0.25) is 9.59 Å². The van der Waals surface area contributed by atoms with E-state index in [1.54, 1.807) is 48.0 Å². The second-order valence-corrected chi connectivity index (χ2v) is 5.97. The molecular weight excluding hydrogens is 330 g/mol. The van der Waals surface area contributed by atoms with Gasteiger partial charge < -0.3 is 14.4 Å². The van der Waals surface area contributed by atoms with E-state index < -0.39 is 5.97 Å². The van der Waals surface area contributed by atoms with Crippen LogP contribution in [0.3, 0.4) is 0 Å². The van der Waals surface area contributed by atoms with Crippen LogP contribution in [0, 0.1) is 0 Å². The van der Waals surface area contributed by atoms with Gasteiger partial charge >= 0.3 is 5.97 Å². The highest BCUT2D eigenvalue weighted by atomic mass is 16.5. The monoisotopic (exact) mass is 349 g/mol. The Morgan fingerprint density at radius 3 is 2.31 bits per heavy atom. The summed E-state index contributed by atoms with van der Waals surface area (Å²) in [6, 6.07) is 20.1. The lowest BCUT2D eigenvalue weighted by Crippen LogP contribution is -2.11. The number of aliphatic carboxylic acids is 1. The largest absolute Gasteiger partial charge is 0.489 e. The summed E-state index contributed by atoms with van der Waals surface area (Å²) < 4.78 is 7.34. The number of ether oxygens (including phenoxy) is 1. The molecule has 0 atom stereocenters. The minimum Gasteiger partial charge on any atom is -0.489 e. The number of carbonyl (C=O) groups excluding carboxylic acids is 1. The Labute approximate surface area is 151 Å². The number of carboxylic acid groups (broad SMARTS) is 1. The lowest BCUT2D eigenvalue weighted by molar-refractivity contribution is -0.136. The van der Waals surface area contributed by atoms with Crippen molar-refractivity contribution in [3.05, 3.63) is 89.2 Å². The van der Waals surface area contributed by atoms with E-state index in [4.69, 9.17) is 9.84 Å². The second kappa shape index (κ2) is 7.70. The van der Waals surface area contributed by atoms with Crippen LogP contribution in [0.5, 0.6) is 5.75 Å². The molecule has 132 valence electrons. The van der Waals surface area contributed by atoms with Gasteiger partial charge in [-0.1, -0.05) is 30.3 Å². The first-order valence-electron chi connectivity index (χ1n) is 8.22. The van der Waals surface area contributed by atoms with Crippen molar-refractivity contribution in [2.75, 3.05) is 0 Å². The Bertz CT molecular complexity index is 911. The molecule has 0 amide bonds. The first kappa shape index (κ1) is 17.5. The van der Waals surface area contributed by atoms with Crippen molar-refractivity contribution in [1.82, 2.24) is 4.57 Å². The quantitative estimate of drug-likeness (QED) is 0.663. The molecule has 2 aromatic carbocycles. The topological polar surface area (TPSA) is 68.5 Å². The van der Waals surface area contributed by atoms with Crippen molar-refractivity contribution in [3.63, 3.8) is 0 Å². The van der Waals surface area contributed by atoms with Gasteiger partial charge in [0.2, 0.25) is 5.78 Å². The molecule has 0 spiro atoms. The van der Waals surface area contributed by atoms with Crippen LogP contribution in [-0.2, 0) is 24.9 Å². The van der Waals surface area contributed by atoms with Crippen LogP contribution in [0.25, 0.3) is 0 Å². The van der Waals surface area contributed by atoms with Gasteiger partial charge in [-0.2, -0.15) is 0 Å². The number of hydrogen-bond donors (Lipinski definition) is 1. The van der Waals surface area contributed by atoms with Crippen LogP contribution in [0.2, 0.25) is 0 Å². The van der Waals surface area contributed by atoms with Crippen LogP contribution in [-0.4, -0.2) is 21.4 Å². The summed E-state index contributed by atoms with van der Waals surface area (Å²) in [5.74, 6) is -0.396. The van der Waals surface area contributed by atoms with Crippen LogP contribution >= 0.6 is 0 Å². The van der Waals surface area contributed by atoms with E-state index in [0.717, 1.165) is 5.56 Å². The summed E-state index contributed by atoms with van der Waals surface area (Å²) in [5, 5.41) is 8.91. The molecule has 1 N–H and O–H groups in total. The van der Waals surface area contributed by atoms with E-state index in [2.05, 4.69) is 0 Å². The molecule has 1 aromatic heterocycles. The molecule has 0 saturated carbocycles. The van der Waals surface area contributed by atoms with E-state index in [1.807, 2.05) is 30.3 Å². The molecular formula is C21H19NO4. The highest BCUT2D eigenvalue weighted by molar-refractivity contribution is 6.08. The Balaban J connectivity index is 1.69. The number of carboxylic acids is 1. The predicted molar refractivity (Wildman–Crippen MR) is 97.4 cm³/mol. The predicted octanol–water partition coefficient (Wildman–Crippen LogP) is 3.46. The maximum Gasteiger partial charge on any atom is 0.309 e. The van der Waals surface area contributed by atoms with Crippen molar-refractivity contribution in [1.29, 1.82) is 0 Å². The molecule has 26 heavy (non-hydrogen) atoms. The van der Waals surface area contributed by atoms with E-state index >= 15 is 0 Å². The van der Waals surface area contributed by atoms with Crippen molar-refractivity contribution < 1.29 is 19.4 Å². The fourth-order valence-electron chi connectivity index (χ4n) is 2.71. The summed E-state index contributed by atoms with van der Waals surface area (Å²) in [6.07, 6.45) is -0.115. The molecule has 0 fully saturated rings. The van der Waals surface area contributed by atoms with Crippen LogP contribution in [0.1, 0.15) is 27.3 Å². The van der Waals surface area contributed by atoms with Gasteiger partial charge in [-0.25, -0.2) is 0 Å². The molecule has 0 saturated heterocycles. The number of hydrogen-bond acceptors (Lipinski definition) is 3. The number of benzene rings is 2. The number of rotatable bonds is 7. The zero-order chi connectivity index (χ0) is 18.5. The fraction of sp³-hybridized carbons (Fsp3) is 0.143. The summed E-state index contributed by atoms with van der Waals surface area (Å²) >= 11 is 0. The smallest absolute Gasteiger partial charge is 0.309 e. The van der Waals surface area contributed by atoms with Crippen LogP contribution in [0.4, 0.5) is 0 Å². The lowest BCUT2D eigenvalue weighted by Gasteiger charge is -2.08. The first-order valence-corrected chi connectivity index (χ1v) is 8.22. The molecule has 5 heteroatoms. The Hall–Kier alpha value is -3.34. The summed E-state index contributed by atoms with van der Waals surface area (Å²) in [6.45, 7) is 0.463. The maximum atomic E-state index is 12.6. The third-order valence-electron chi connectivity index (χ3n) is 4.16. The van der Waals surface area contributed by atoms with Gasteiger partial charge in [0.1, 0.15) is 12.4 Å². The van der Waals surface area contributed by atoms with E-state index in [1.165, 1.54) is 0 Å². The highest BCUT2D eigenvalue weighted by Gasteiger charge is 2.16. The van der Waals surface area contributed by atoms with Gasteiger partial charge in [-0.15, -0.1) is 0 Å². The van der Waals surface area contributed by atoms with Crippen molar-refractivity contribution in [2.24, 2.45) is 7.05 Å². The number of aromatic nitrogens is 1. The maximum absolute atomic E-state index is 12.6. The van der Waals surface area contributed by atoms with E-state index in [-0.39, 0.29) is 12.2 Å². The Morgan fingerprint density at radius 1 is 0.962 bits per heavy atom. The van der Waals surface area contributed by atoms with Crippen molar-refractivity contribution in [3.8, 4) is 5.75 Å². The second-order valence-electron chi connectivity index (χ2n) is 5.97. The molecule has 3 rings (SSSR count). The van der Waals surface area contributed by atoms with Crippen molar-refractivity contribution in [2.45, 2.75) is 13.0 Å². The van der Waals surface area contributed by atoms with Gasteiger partial charge in [0.25, 0.3) is 0 Å². The summed E-state index contributed by atoms with van der Waals surface area (Å²) in [5.41, 5.74) is 2.64. The average molecular weight is 349 g/mol. The zero-order valence-electron chi connectivity index (χ0n) is 14.4. The minimum absolute atomic E-state index is 0.115. The van der Waals surface area contributed by atoms with Crippen LogP contribution < -0.4 is 4.74 Å². The van der Waals surface area contributed by atoms with Gasteiger partial charge in [0, 0.05) is 18.3 Å². The molecule has 0 radical (unpaired) electrons. The van der Waals surface area contributed by atoms with Crippen LogP contribution in [0.15, 0.2) is 66.7 Å². The SMILES string of the molecule is Cn1c(CC(=O)O)ccc1C(=O)c1ccc(OCc2ccccc2)cc1. The van der Waals surface area contributed by atoms with Crippen molar-refractivity contribution >= 4 is 11.8 Å². The highest BCUT2D eigenvalue weighted by Crippen LogP contribution is 2.18. The molecule has 0 unspecified atom stereocenters.